The minimum absolute atomic E-state index is 0.200. The minimum atomic E-state index is 0.200. The Hall–Kier alpha value is -1.91. The lowest BCUT2D eigenvalue weighted by molar-refractivity contribution is 0.703. The van der Waals surface area contributed by atoms with Crippen LogP contribution in [0.5, 0.6) is 0 Å². The molecule has 0 aliphatic heterocycles. The van der Waals surface area contributed by atoms with E-state index in [9.17, 15) is 0 Å². The highest BCUT2D eigenvalue weighted by atomic mass is 32.1. The highest BCUT2D eigenvalue weighted by Gasteiger charge is 2.15. The van der Waals surface area contributed by atoms with Gasteiger partial charge in [-0.2, -0.15) is 5.10 Å². The third kappa shape index (κ3) is 2.53. The Morgan fingerprint density at radius 1 is 1.15 bits per heavy atom. The van der Waals surface area contributed by atoms with Crippen LogP contribution in [0.25, 0.3) is 5.69 Å². The molecule has 3 aromatic rings. The number of rotatable bonds is 4. The Morgan fingerprint density at radius 3 is 2.60 bits per heavy atom. The van der Waals surface area contributed by atoms with Crippen LogP contribution < -0.4 is 5.32 Å². The molecular weight excluding hydrogens is 266 g/mol. The summed E-state index contributed by atoms with van der Waals surface area (Å²) in [6, 6.07) is 14.7. The van der Waals surface area contributed by atoms with E-state index >= 15 is 0 Å². The molecular formula is C16H17N3S. The van der Waals surface area contributed by atoms with Gasteiger partial charge < -0.3 is 5.32 Å². The van der Waals surface area contributed by atoms with Gasteiger partial charge in [-0.05, 0) is 38.2 Å². The van der Waals surface area contributed by atoms with Gasteiger partial charge in [0.2, 0.25) is 0 Å². The average Bonchev–Trinajstić information content (AvgIpc) is 3.11. The Labute approximate surface area is 122 Å². The number of nitrogens with one attached hydrogen (secondary N) is 1. The summed E-state index contributed by atoms with van der Waals surface area (Å²) < 4.78 is 1.92. The molecule has 102 valence electrons. The van der Waals surface area contributed by atoms with Crippen molar-refractivity contribution in [2.24, 2.45) is 0 Å². The third-order valence-corrected chi connectivity index (χ3v) is 4.36. The summed E-state index contributed by atoms with van der Waals surface area (Å²) in [7, 11) is 1.99. The summed E-state index contributed by atoms with van der Waals surface area (Å²) in [5, 5.41) is 7.84. The van der Waals surface area contributed by atoms with E-state index in [2.05, 4.69) is 47.8 Å². The van der Waals surface area contributed by atoms with Crippen LogP contribution in [0.3, 0.4) is 0 Å². The fraction of sp³-hybridized carbons (Fsp3) is 0.188. The van der Waals surface area contributed by atoms with Crippen LogP contribution in [-0.4, -0.2) is 16.8 Å². The first-order valence-corrected chi connectivity index (χ1v) is 7.43. The van der Waals surface area contributed by atoms with Gasteiger partial charge in [0.15, 0.2) is 0 Å². The summed E-state index contributed by atoms with van der Waals surface area (Å²) in [4.78, 5) is 2.65. The molecule has 2 heterocycles. The molecule has 0 saturated heterocycles. The Balaban J connectivity index is 1.92. The van der Waals surface area contributed by atoms with Gasteiger partial charge in [0, 0.05) is 21.5 Å². The van der Waals surface area contributed by atoms with Crippen LogP contribution in [0.4, 0.5) is 0 Å². The van der Waals surface area contributed by atoms with Crippen LogP contribution in [0.15, 0.2) is 54.9 Å². The summed E-state index contributed by atoms with van der Waals surface area (Å²) in [6.45, 7) is 2.13. The molecule has 1 atom stereocenters. The molecule has 20 heavy (non-hydrogen) atoms. The molecule has 1 aromatic carbocycles. The second-order valence-electron chi connectivity index (χ2n) is 4.72. The molecule has 0 amide bonds. The van der Waals surface area contributed by atoms with Crippen molar-refractivity contribution < 1.29 is 0 Å². The number of para-hydroxylation sites is 1. The van der Waals surface area contributed by atoms with E-state index in [0.29, 0.717) is 0 Å². The highest BCUT2D eigenvalue weighted by Crippen LogP contribution is 2.28. The number of nitrogens with zero attached hydrogens (tertiary/aromatic N) is 2. The van der Waals surface area contributed by atoms with Gasteiger partial charge in [-0.15, -0.1) is 11.3 Å². The maximum Gasteiger partial charge on any atom is 0.0699 e. The topological polar surface area (TPSA) is 29.9 Å². The smallest absolute Gasteiger partial charge is 0.0699 e. The van der Waals surface area contributed by atoms with Crippen molar-refractivity contribution in [1.82, 2.24) is 15.1 Å². The van der Waals surface area contributed by atoms with Crippen LogP contribution >= 0.6 is 11.3 Å². The molecule has 0 fully saturated rings. The van der Waals surface area contributed by atoms with Gasteiger partial charge in [-0.25, -0.2) is 4.68 Å². The molecule has 2 aromatic heterocycles. The molecule has 0 aliphatic rings. The number of benzene rings is 1. The van der Waals surface area contributed by atoms with Crippen molar-refractivity contribution in [1.29, 1.82) is 0 Å². The lowest BCUT2D eigenvalue weighted by Crippen LogP contribution is -2.15. The molecule has 0 saturated carbocycles. The average molecular weight is 283 g/mol. The Kier molecular flexibility index (Phi) is 3.67. The van der Waals surface area contributed by atoms with Gasteiger partial charge in [0.25, 0.3) is 0 Å². The second-order valence-corrected chi connectivity index (χ2v) is 6.04. The zero-order chi connectivity index (χ0) is 13.9. The number of aryl methyl sites for hydroxylation is 1. The zero-order valence-electron chi connectivity index (χ0n) is 11.6. The molecule has 1 unspecified atom stereocenters. The summed E-state index contributed by atoms with van der Waals surface area (Å²) >= 11 is 1.82. The monoisotopic (exact) mass is 283 g/mol. The van der Waals surface area contributed by atoms with E-state index in [1.54, 1.807) is 0 Å². The van der Waals surface area contributed by atoms with Gasteiger partial charge in [-0.1, -0.05) is 18.2 Å². The van der Waals surface area contributed by atoms with Crippen molar-refractivity contribution in [2.45, 2.75) is 13.0 Å². The predicted molar refractivity (Wildman–Crippen MR) is 83.5 cm³/mol. The zero-order valence-corrected chi connectivity index (χ0v) is 12.4. The van der Waals surface area contributed by atoms with Gasteiger partial charge in [0.05, 0.1) is 17.9 Å². The van der Waals surface area contributed by atoms with Crippen LogP contribution in [0.2, 0.25) is 0 Å². The number of hydrogen-bond donors (Lipinski definition) is 1. The molecule has 0 radical (unpaired) electrons. The Bertz CT molecular complexity index is 685. The standard InChI is InChI=1S/C16H17N3S/c1-12-8-9-15(20-12)16(17-2)13-10-18-19(11-13)14-6-4-3-5-7-14/h3-11,16-17H,1-2H3. The molecule has 1 N–H and O–H groups in total. The van der Waals surface area contributed by atoms with E-state index in [1.807, 2.05) is 47.5 Å². The van der Waals surface area contributed by atoms with Crippen LogP contribution in [0, 0.1) is 6.92 Å². The lowest BCUT2D eigenvalue weighted by Gasteiger charge is -2.12. The number of hydrogen-bond acceptors (Lipinski definition) is 3. The van der Waals surface area contributed by atoms with E-state index in [4.69, 9.17) is 0 Å². The molecule has 3 rings (SSSR count). The third-order valence-electron chi connectivity index (χ3n) is 3.29. The van der Waals surface area contributed by atoms with Crippen LogP contribution in [-0.2, 0) is 0 Å². The number of thiophene rings is 1. The second kappa shape index (κ2) is 5.61. The fourth-order valence-corrected chi connectivity index (χ4v) is 3.31. The molecule has 0 bridgehead atoms. The van der Waals surface area contributed by atoms with Crippen molar-refractivity contribution in [3.05, 3.63) is 70.2 Å². The molecule has 0 spiro atoms. The highest BCUT2D eigenvalue weighted by molar-refractivity contribution is 7.12. The first-order chi connectivity index (χ1) is 9.78. The maximum atomic E-state index is 4.47. The first-order valence-electron chi connectivity index (χ1n) is 6.61. The van der Waals surface area contributed by atoms with Crippen molar-refractivity contribution in [3.8, 4) is 5.69 Å². The minimum Gasteiger partial charge on any atom is -0.309 e. The molecule has 3 nitrogen and oxygen atoms in total. The van der Waals surface area contributed by atoms with Crippen molar-refractivity contribution >= 4 is 11.3 Å². The SMILES string of the molecule is CNC(c1cnn(-c2ccccc2)c1)c1ccc(C)s1. The first kappa shape index (κ1) is 13.1. The van der Waals surface area contributed by atoms with Crippen molar-refractivity contribution in [2.75, 3.05) is 7.05 Å². The fourth-order valence-electron chi connectivity index (χ4n) is 2.29. The maximum absolute atomic E-state index is 4.47. The van der Waals surface area contributed by atoms with E-state index in [1.165, 1.54) is 15.3 Å². The largest absolute Gasteiger partial charge is 0.309 e. The predicted octanol–water partition coefficient (Wildman–Crippen LogP) is 3.55. The van der Waals surface area contributed by atoms with Gasteiger partial charge in [-0.3, -0.25) is 0 Å². The Morgan fingerprint density at radius 2 is 1.95 bits per heavy atom. The van der Waals surface area contributed by atoms with E-state index in [-0.39, 0.29) is 6.04 Å². The molecule has 4 heteroatoms. The van der Waals surface area contributed by atoms with Gasteiger partial charge >= 0.3 is 0 Å². The molecule has 0 aliphatic carbocycles. The van der Waals surface area contributed by atoms with Gasteiger partial charge in [0.1, 0.15) is 0 Å². The normalized spacial score (nSPS) is 12.5. The summed E-state index contributed by atoms with van der Waals surface area (Å²) in [5.41, 5.74) is 2.26. The van der Waals surface area contributed by atoms with E-state index in [0.717, 1.165) is 5.69 Å². The number of aromatic nitrogens is 2. The van der Waals surface area contributed by atoms with E-state index < -0.39 is 0 Å². The lowest BCUT2D eigenvalue weighted by atomic mass is 10.1. The quantitative estimate of drug-likeness (QED) is 0.793. The van der Waals surface area contributed by atoms with Crippen molar-refractivity contribution in [3.63, 3.8) is 0 Å². The summed E-state index contributed by atoms with van der Waals surface area (Å²) in [5.74, 6) is 0. The van der Waals surface area contributed by atoms with Crippen LogP contribution in [0.1, 0.15) is 21.4 Å². The summed E-state index contributed by atoms with van der Waals surface area (Å²) in [6.07, 6.45) is 4.02.